The number of likely N-dealkylation sites (tertiary alicyclic amines) is 1. The van der Waals surface area contributed by atoms with Gasteiger partial charge in [-0.1, -0.05) is 19.0 Å². The lowest BCUT2D eigenvalue weighted by molar-refractivity contribution is -0.133. The monoisotopic (exact) mass is 349 g/mol. The highest BCUT2D eigenvalue weighted by atomic mass is 16.5. The van der Waals surface area contributed by atoms with Crippen molar-refractivity contribution in [3.8, 4) is 0 Å². The molecule has 0 spiro atoms. The Morgan fingerprint density at radius 3 is 2.60 bits per heavy atom. The number of aromatic nitrogens is 2. The molecule has 0 radical (unpaired) electrons. The first-order valence-corrected chi connectivity index (χ1v) is 9.80. The summed E-state index contributed by atoms with van der Waals surface area (Å²) in [5, 5.41) is 4.16. The molecular formula is C19H31N3O3. The number of rotatable bonds is 6. The molecule has 1 aromatic heterocycles. The Bertz CT molecular complexity index is 544. The molecule has 2 aliphatic rings. The predicted molar refractivity (Wildman–Crippen MR) is 94.2 cm³/mol. The summed E-state index contributed by atoms with van der Waals surface area (Å²) in [4.78, 5) is 18.8. The third-order valence-electron chi connectivity index (χ3n) is 5.38. The van der Waals surface area contributed by atoms with Crippen molar-refractivity contribution in [1.82, 2.24) is 15.0 Å². The van der Waals surface area contributed by atoms with Crippen molar-refractivity contribution >= 4 is 5.91 Å². The molecule has 2 fully saturated rings. The highest BCUT2D eigenvalue weighted by molar-refractivity contribution is 5.76. The number of carbonyl (C=O) groups excluding carboxylic acids is 1. The molecule has 1 aromatic rings. The molecule has 6 heteroatoms. The zero-order valence-corrected chi connectivity index (χ0v) is 15.6. The fourth-order valence-electron chi connectivity index (χ4n) is 3.76. The summed E-state index contributed by atoms with van der Waals surface area (Å²) in [7, 11) is 0. The van der Waals surface area contributed by atoms with Crippen LogP contribution < -0.4 is 0 Å². The van der Waals surface area contributed by atoms with E-state index in [2.05, 4.69) is 24.0 Å². The van der Waals surface area contributed by atoms with Crippen molar-refractivity contribution in [3.63, 3.8) is 0 Å². The molecule has 2 aliphatic heterocycles. The van der Waals surface area contributed by atoms with Crippen LogP contribution >= 0.6 is 0 Å². The number of hydrogen-bond acceptors (Lipinski definition) is 5. The zero-order valence-electron chi connectivity index (χ0n) is 15.6. The van der Waals surface area contributed by atoms with E-state index in [0.29, 0.717) is 30.1 Å². The minimum atomic E-state index is 0.313. The highest BCUT2D eigenvalue weighted by Gasteiger charge is 2.25. The van der Waals surface area contributed by atoms with Crippen molar-refractivity contribution in [3.05, 3.63) is 11.7 Å². The lowest BCUT2D eigenvalue weighted by atomic mass is 9.91. The number of aryl methyl sites for hydroxylation is 1. The second-order valence-electron chi connectivity index (χ2n) is 7.90. The van der Waals surface area contributed by atoms with E-state index >= 15 is 0 Å². The summed E-state index contributed by atoms with van der Waals surface area (Å²) < 4.78 is 10.8. The average Bonchev–Trinajstić information content (AvgIpc) is 3.10. The van der Waals surface area contributed by atoms with E-state index in [1.54, 1.807) is 0 Å². The number of hydrogen-bond donors (Lipinski definition) is 0. The Morgan fingerprint density at radius 1 is 1.20 bits per heavy atom. The fourth-order valence-corrected chi connectivity index (χ4v) is 3.76. The molecule has 0 aliphatic carbocycles. The standard InChI is InChI=1S/C19H31N3O3/c1-14(2)13-18(23)22-9-5-15(6-10-22)3-4-17-20-19(25-21-17)16-7-11-24-12-8-16/h14-16H,3-13H2,1-2H3. The van der Waals surface area contributed by atoms with Gasteiger partial charge in [-0.15, -0.1) is 0 Å². The van der Waals surface area contributed by atoms with Gasteiger partial charge in [0.25, 0.3) is 0 Å². The van der Waals surface area contributed by atoms with Crippen LogP contribution in [0.15, 0.2) is 4.52 Å². The van der Waals surface area contributed by atoms with E-state index in [4.69, 9.17) is 9.26 Å². The molecule has 0 aromatic carbocycles. The zero-order chi connectivity index (χ0) is 17.6. The van der Waals surface area contributed by atoms with Crippen LogP contribution in [-0.2, 0) is 16.0 Å². The summed E-state index contributed by atoms with van der Waals surface area (Å²) in [6.45, 7) is 7.58. The van der Waals surface area contributed by atoms with Crippen LogP contribution in [0, 0.1) is 11.8 Å². The Labute approximate surface area is 150 Å². The largest absolute Gasteiger partial charge is 0.381 e. The maximum absolute atomic E-state index is 12.1. The SMILES string of the molecule is CC(C)CC(=O)N1CCC(CCc2noc(C3CCOCC3)n2)CC1. The smallest absolute Gasteiger partial charge is 0.229 e. The molecular weight excluding hydrogens is 318 g/mol. The van der Waals surface area contributed by atoms with Crippen molar-refractivity contribution in [2.24, 2.45) is 11.8 Å². The van der Waals surface area contributed by atoms with Gasteiger partial charge in [-0.3, -0.25) is 4.79 Å². The lowest BCUT2D eigenvalue weighted by Crippen LogP contribution is -2.39. The Hall–Kier alpha value is -1.43. The average molecular weight is 349 g/mol. The highest BCUT2D eigenvalue weighted by Crippen LogP contribution is 2.26. The van der Waals surface area contributed by atoms with Gasteiger partial charge in [-0.05, 0) is 43.9 Å². The summed E-state index contributed by atoms with van der Waals surface area (Å²) in [5.41, 5.74) is 0. The van der Waals surface area contributed by atoms with Crippen LogP contribution in [0.25, 0.3) is 0 Å². The summed E-state index contributed by atoms with van der Waals surface area (Å²) in [6.07, 6.45) is 6.76. The van der Waals surface area contributed by atoms with Crippen LogP contribution in [-0.4, -0.2) is 47.3 Å². The third-order valence-corrected chi connectivity index (χ3v) is 5.38. The van der Waals surface area contributed by atoms with Gasteiger partial charge in [-0.2, -0.15) is 4.98 Å². The first-order valence-electron chi connectivity index (χ1n) is 9.80. The molecule has 140 valence electrons. The Balaban J connectivity index is 1.40. The van der Waals surface area contributed by atoms with E-state index in [9.17, 15) is 4.79 Å². The summed E-state index contributed by atoms with van der Waals surface area (Å²) in [6, 6.07) is 0. The van der Waals surface area contributed by atoms with Crippen LogP contribution in [0.2, 0.25) is 0 Å². The van der Waals surface area contributed by atoms with E-state index in [1.165, 1.54) is 0 Å². The number of carbonyl (C=O) groups is 1. The quantitative estimate of drug-likeness (QED) is 0.789. The molecule has 3 heterocycles. The third kappa shape index (κ3) is 5.27. The van der Waals surface area contributed by atoms with E-state index in [1.807, 2.05) is 4.90 Å². The lowest BCUT2D eigenvalue weighted by Gasteiger charge is -2.32. The van der Waals surface area contributed by atoms with Crippen LogP contribution in [0.3, 0.4) is 0 Å². The van der Waals surface area contributed by atoms with Crippen LogP contribution in [0.1, 0.15) is 70.0 Å². The molecule has 0 N–H and O–H groups in total. The van der Waals surface area contributed by atoms with Crippen molar-refractivity contribution < 1.29 is 14.1 Å². The molecule has 0 atom stereocenters. The van der Waals surface area contributed by atoms with Gasteiger partial charge in [0.2, 0.25) is 11.8 Å². The molecule has 0 saturated carbocycles. The fraction of sp³-hybridized carbons (Fsp3) is 0.842. The molecule has 0 bridgehead atoms. The van der Waals surface area contributed by atoms with Gasteiger partial charge in [0.15, 0.2) is 5.82 Å². The Morgan fingerprint density at radius 2 is 1.92 bits per heavy atom. The number of piperidine rings is 1. The van der Waals surface area contributed by atoms with Gasteiger partial charge >= 0.3 is 0 Å². The van der Waals surface area contributed by atoms with Gasteiger partial charge in [0, 0.05) is 45.1 Å². The van der Waals surface area contributed by atoms with Crippen molar-refractivity contribution in [2.75, 3.05) is 26.3 Å². The second kappa shape index (κ2) is 8.79. The summed E-state index contributed by atoms with van der Waals surface area (Å²) >= 11 is 0. The predicted octanol–water partition coefficient (Wildman–Crippen LogP) is 3.18. The van der Waals surface area contributed by atoms with Gasteiger partial charge in [0.05, 0.1) is 0 Å². The van der Waals surface area contributed by atoms with Crippen molar-refractivity contribution in [1.29, 1.82) is 0 Å². The molecule has 3 rings (SSSR count). The Kier molecular flexibility index (Phi) is 6.45. The molecule has 1 amide bonds. The van der Waals surface area contributed by atoms with Gasteiger partial charge < -0.3 is 14.2 Å². The second-order valence-corrected chi connectivity index (χ2v) is 7.90. The number of nitrogens with zero attached hydrogens (tertiary/aromatic N) is 3. The molecule has 25 heavy (non-hydrogen) atoms. The minimum Gasteiger partial charge on any atom is -0.381 e. The first-order chi connectivity index (χ1) is 12.1. The maximum atomic E-state index is 12.1. The molecule has 6 nitrogen and oxygen atoms in total. The van der Waals surface area contributed by atoms with Gasteiger partial charge in [-0.25, -0.2) is 0 Å². The van der Waals surface area contributed by atoms with E-state index in [-0.39, 0.29) is 0 Å². The summed E-state index contributed by atoms with van der Waals surface area (Å²) in [5.74, 6) is 3.40. The van der Waals surface area contributed by atoms with E-state index in [0.717, 1.165) is 76.5 Å². The van der Waals surface area contributed by atoms with Crippen LogP contribution in [0.4, 0.5) is 0 Å². The molecule has 0 unspecified atom stereocenters. The molecule has 2 saturated heterocycles. The number of ether oxygens (including phenoxy) is 1. The van der Waals surface area contributed by atoms with E-state index < -0.39 is 0 Å². The maximum Gasteiger partial charge on any atom is 0.229 e. The minimum absolute atomic E-state index is 0.313. The number of amides is 1. The van der Waals surface area contributed by atoms with Crippen molar-refractivity contribution in [2.45, 2.75) is 64.7 Å². The topological polar surface area (TPSA) is 68.5 Å². The van der Waals surface area contributed by atoms with Gasteiger partial charge in [0.1, 0.15) is 0 Å². The van der Waals surface area contributed by atoms with Crippen LogP contribution in [0.5, 0.6) is 0 Å². The first kappa shape index (κ1) is 18.4. The normalized spacial score (nSPS) is 20.4.